The Morgan fingerprint density at radius 1 is 1.24 bits per heavy atom. The molecule has 1 unspecified atom stereocenters. The van der Waals surface area contributed by atoms with Gasteiger partial charge in [-0.15, -0.1) is 0 Å². The Bertz CT molecular complexity index is 988. The highest BCUT2D eigenvalue weighted by molar-refractivity contribution is 5.94. The van der Waals surface area contributed by atoms with Gasteiger partial charge in [-0.3, -0.25) is 9.59 Å². The SMILES string of the molecule is CC(C)(C)c1nc2c(c(=O)[nH]1)CCC21CCCN(C(=O)c2ccc(CO)cc2)C1. The summed E-state index contributed by atoms with van der Waals surface area (Å²) in [5, 5.41) is 9.22. The highest BCUT2D eigenvalue weighted by Gasteiger charge is 2.46. The summed E-state index contributed by atoms with van der Waals surface area (Å²) in [6, 6.07) is 7.12. The van der Waals surface area contributed by atoms with Crippen molar-refractivity contribution in [3.63, 3.8) is 0 Å². The van der Waals surface area contributed by atoms with Crippen molar-refractivity contribution >= 4 is 5.91 Å². The zero-order valence-corrected chi connectivity index (χ0v) is 17.4. The molecular formula is C23H29N3O3. The lowest BCUT2D eigenvalue weighted by Crippen LogP contribution is -2.48. The summed E-state index contributed by atoms with van der Waals surface area (Å²) in [7, 11) is 0. The van der Waals surface area contributed by atoms with Crippen molar-refractivity contribution in [1.82, 2.24) is 14.9 Å². The van der Waals surface area contributed by atoms with Gasteiger partial charge in [0, 0.05) is 35.0 Å². The summed E-state index contributed by atoms with van der Waals surface area (Å²) in [4.78, 5) is 35.6. The number of hydrogen-bond donors (Lipinski definition) is 2. The molecule has 6 heteroatoms. The summed E-state index contributed by atoms with van der Waals surface area (Å²) in [5.74, 6) is 0.716. The molecule has 0 bridgehead atoms. The van der Waals surface area contributed by atoms with Gasteiger partial charge in [-0.25, -0.2) is 4.98 Å². The number of hydrogen-bond acceptors (Lipinski definition) is 4. The van der Waals surface area contributed by atoms with Gasteiger partial charge >= 0.3 is 0 Å². The van der Waals surface area contributed by atoms with Crippen molar-refractivity contribution < 1.29 is 9.90 Å². The van der Waals surface area contributed by atoms with E-state index in [4.69, 9.17) is 4.98 Å². The van der Waals surface area contributed by atoms with Crippen molar-refractivity contribution in [3.05, 3.63) is 62.8 Å². The molecule has 1 aromatic carbocycles. The number of benzene rings is 1. The maximum absolute atomic E-state index is 13.1. The van der Waals surface area contributed by atoms with Gasteiger partial charge in [-0.2, -0.15) is 0 Å². The van der Waals surface area contributed by atoms with E-state index >= 15 is 0 Å². The number of rotatable bonds is 2. The molecule has 1 aliphatic carbocycles. The zero-order chi connectivity index (χ0) is 20.8. The Labute approximate surface area is 171 Å². The van der Waals surface area contributed by atoms with Gasteiger partial charge in [0.05, 0.1) is 12.3 Å². The Kier molecular flexibility index (Phi) is 4.85. The number of H-pyrrole nitrogens is 1. The lowest BCUT2D eigenvalue weighted by molar-refractivity contribution is 0.0633. The van der Waals surface area contributed by atoms with E-state index in [9.17, 15) is 14.7 Å². The molecule has 0 radical (unpaired) electrons. The van der Waals surface area contributed by atoms with Crippen LogP contribution < -0.4 is 5.56 Å². The van der Waals surface area contributed by atoms with Crippen LogP contribution in [0.5, 0.6) is 0 Å². The van der Waals surface area contributed by atoms with Crippen LogP contribution in [0.15, 0.2) is 29.1 Å². The molecule has 154 valence electrons. The summed E-state index contributed by atoms with van der Waals surface area (Å²) < 4.78 is 0. The van der Waals surface area contributed by atoms with Crippen molar-refractivity contribution in [2.45, 2.75) is 63.9 Å². The first kappa shape index (κ1) is 19.8. The van der Waals surface area contributed by atoms with Gasteiger partial charge in [0.25, 0.3) is 11.5 Å². The molecule has 0 saturated carbocycles. The Balaban J connectivity index is 1.66. The number of aromatic nitrogens is 2. The number of piperidine rings is 1. The third-order valence-corrected chi connectivity index (χ3v) is 6.33. The highest BCUT2D eigenvalue weighted by atomic mass is 16.3. The fraction of sp³-hybridized carbons (Fsp3) is 0.522. The number of aromatic amines is 1. The molecule has 1 fully saturated rings. The average molecular weight is 396 g/mol. The minimum atomic E-state index is -0.239. The van der Waals surface area contributed by atoms with Crippen LogP contribution in [0.3, 0.4) is 0 Å². The van der Waals surface area contributed by atoms with Gasteiger partial charge in [0.2, 0.25) is 0 Å². The van der Waals surface area contributed by atoms with Crippen molar-refractivity contribution in [2.24, 2.45) is 0 Å². The van der Waals surface area contributed by atoms with Crippen molar-refractivity contribution in [2.75, 3.05) is 13.1 Å². The third-order valence-electron chi connectivity index (χ3n) is 6.33. The average Bonchev–Trinajstić information content (AvgIpc) is 3.05. The molecule has 29 heavy (non-hydrogen) atoms. The number of aliphatic hydroxyl groups excluding tert-OH is 1. The zero-order valence-electron chi connectivity index (χ0n) is 17.4. The molecule has 2 aromatic rings. The van der Waals surface area contributed by atoms with Gasteiger partial charge < -0.3 is 15.0 Å². The van der Waals surface area contributed by atoms with E-state index in [0.29, 0.717) is 24.5 Å². The van der Waals surface area contributed by atoms with E-state index in [0.717, 1.165) is 42.5 Å². The number of carbonyl (C=O) groups is 1. The molecule has 6 nitrogen and oxygen atoms in total. The van der Waals surface area contributed by atoms with E-state index in [1.54, 1.807) is 24.3 Å². The van der Waals surface area contributed by atoms with Crippen molar-refractivity contribution in [3.8, 4) is 0 Å². The number of amides is 1. The smallest absolute Gasteiger partial charge is 0.254 e. The molecule has 1 saturated heterocycles. The predicted octanol–water partition coefficient (Wildman–Crippen LogP) is 2.68. The van der Waals surface area contributed by atoms with Gasteiger partial charge in [-0.1, -0.05) is 32.9 Å². The summed E-state index contributed by atoms with van der Waals surface area (Å²) >= 11 is 0. The second kappa shape index (κ2) is 7.10. The maximum atomic E-state index is 13.1. The van der Waals surface area contributed by atoms with Crippen LogP contribution in [0.1, 0.15) is 73.0 Å². The predicted molar refractivity (Wildman–Crippen MR) is 111 cm³/mol. The third kappa shape index (κ3) is 3.50. The molecule has 2 heterocycles. The molecule has 1 amide bonds. The van der Waals surface area contributed by atoms with Gasteiger partial charge in [0.15, 0.2) is 0 Å². The van der Waals surface area contributed by atoms with Crippen LogP contribution in [-0.2, 0) is 23.9 Å². The second-order valence-electron chi connectivity index (χ2n) is 9.46. The first-order valence-electron chi connectivity index (χ1n) is 10.4. The number of aliphatic hydroxyl groups is 1. The minimum absolute atomic E-state index is 0.00269. The molecule has 1 atom stereocenters. The number of carbonyl (C=O) groups excluding carboxylic acids is 1. The molecule has 1 spiro atoms. The van der Waals surface area contributed by atoms with Crippen LogP contribution in [0.2, 0.25) is 0 Å². The van der Waals surface area contributed by atoms with Crippen LogP contribution in [0, 0.1) is 0 Å². The maximum Gasteiger partial charge on any atom is 0.254 e. The quantitative estimate of drug-likeness (QED) is 0.819. The number of likely N-dealkylation sites (tertiary alicyclic amines) is 1. The molecular weight excluding hydrogens is 366 g/mol. The second-order valence-corrected chi connectivity index (χ2v) is 9.46. The molecule has 2 N–H and O–H groups in total. The van der Waals surface area contributed by atoms with Crippen LogP contribution in [0.4, 0.5) is 0 Å². The van der Waals surface area contributed by atoms with E-state index in [1.165, 1.54) is 0 Å². The van der Waals surface area contributed by atoms with E-state index < -0.39 is 0 Å². The summed E-state index contributed by atoms with van der Waals surface area (Å²) in [5.41, 5.74) is 2.61. The van der Waals surface area contributed by atoms with Crippen molar-refractivity contribution in [1.29, 1.82) is 0 Å². The Morgan fingerprint density at radius 3 is 2.62 bits per heavy atom. The largest absolute Gasteiger partial charge is 0.392 e. The summed E-state index contributed by atoms with van der Waals surface area (Å²) in [6.45, 7) is 7.42. The lowest BCUT2D eigenvalue weighted by atomic mass is 9.77. The van der Waals surface area contributed by atoms with Crippen LogP contribution >= 0.6 is 0 Å². The molecule has 2 aliphatic rings. The number of fused-ring (bicyclic) bond motifs is 2. The molecule has 1 aliphatic heterocycles. The molecule has 4 rings (SSSR count). The first-order valence-corrected chi connectivity index (χ1v) is 10.4. The highest BCUT2D eigenvalue weighted by Crippen LogP contribution is 2.43. The monoisotopic (exact) mass is 395 g/mol. The van der Waals surface area contributed by atoms with Crippen LogP contribution in [0.25, 0.3) is 0 Å². The topological polar surface area (TPSA) is 86.3 Å². The molecule has 1 aromatic heterocycles. The minimum Gasteiger partial charge on any atom is -0.392 e. The number of nitrogens with zero attached hydrogens (tertiary/aromatic N) is 2. The van der Waals surface area contributed by atoms with E-state index in [-0.39, 0.29) is 28.9 Å². The number of nitrogens with one attached hydrogen (secondary N) is 1. The van der Waals surface area contributed by atoms with E-state index in [2.05, 4.69) is 4.98 Å². The van der Waals surface area contributed by atoms with E-state index in [1.807, 2.05) is 25.7 Å². The lowest BCUT2D eigenvalue weighted by Gasteiger charge is -2.40. The summed E-state index contributed by atoms with van der Waals surface area (Å²) in [6.07, 6.45) is 3.43. The fourth-order valence-electron chi connectivity index (χ4n) is 4.64. The fourth-order valence-corrected chi connectivity index (χ4v) is 4.64. The standard InChI is InChI=1S/C23H29N3O3/c1-22(2,3)21-24-18-17(19(28)25-21)9-11-23(18)10-4-12-26(14-23)20(29)16-7-5-15(13-27)6-8-16/h5-8,27H,4,9-14H2,1-3H3,(H,24,25,28). The van der Waals surface area contributed by atoms with Crippen LogP contribution in [-0.4, -0.2) is 39.0 Å². The first-order chi connectivity index (χ1) is 13.7. The van der Waals surface area contributed by atoms with Gasteiger partial charge in [0.1, 0.15) is 5.82 Å². The van der Waals surface area contributed by atoms with Gasteiger partial charge in [-0.05, 0) is 43.4 Å². The normalized spacial score (nSPS) is 21.4. The Morgan fingerprint density at radius 2 is 1.97 bits per heavy atom. The Hall–Kier alpha value is -2.47.